The fourth-order valence-electron chi connectivity index (χ4n) is 0.638. The van der Waals surface area contributed by atoms with E-state index in [1.54, 1.807) is 0 Å². The van der Waals surface area contributed by atoms with Crippen LogP contribution in [0.2, 0.25) is 0 Å². The number of oxazole rings is 1. The molecule has 0 bridgehead atoms. The van der Waals surface area contributed by atoms with Crippen LogP contribution in [0.15, 0.2) is 38.9 Å². The summed E-state index contributed by atoms with van der Waals surface area (Å²) < 4.78 is 4.87. The van der Waals surface area contributed by atoms with Gasteiger partial charge in [0.05, 0.1) is 12.4 Å². The Labute approximate surface area is 55.9 Å². The largest absolute Gasteiger partial charge is 0.424 e. The van der Waals surface area contributed by atoms with Crippen molar-refractivity contribution in [1.29, 1.82) is 0 Å². The number of nitrogens with zero attached hydrogens (tertiary/aromatic N) is 3. The Kier molecular flexibility index (Phi) is 0.993. The lowest BCUT2D eigenvalue weighted by Gasteiger charge is -1.66. The minimum Gasteiger partial charge on any atom is -0.424 e. The van der Waals surface area contributed by atoms with Crippen molar-refractivity contribution < 1.29 is 4.42 Å². The van der Waals surface area contributed by atoms with Gasteiger partial charge < -0.3 is 4.42 Å². The third kappa shape index (κ3) is 0.674. The van der Waals surface area contributed by atoms with Crippen molar-refractivity contribution in [2.24, 2.45) is 9.98 Å². The van der Waals surface area contributed by atoms with E-state index in [0.29, 0.717) is 11.0 Å². The van der Waals surface area contributed by atoms with Gasteiger partial charge in [0.1, 0.15) is 0 Å². The van der Waals surface area contributed by atoms with Crippen molar-refractivity contribution in [2.75, 3.05) is 0 Å². The van der Waals surface area contributed by atoms with Gasteiger partial charge in [-0.25, -0.2) is 9.98 Å². The van der Waals surface area contributed by atoms with E-state index in [9.17, 15) is 0 Å². The molecule has 0 amide bonds. The smallest absolute Gasteiger partial charge is 0.266 e. The Morgan fingerprint density at radius 1 is 1.30 bits per heavy atom. The molecular formula is C6H3N3O. The third-order valence-electron chi connectivity index (χ3n) is 1.05. The lowest BCUT2D eigenvalue weighted by atomic mass is 10.8. The normalized spacial score (nSPS) is 13.2. The predicted octanol–water partition coefficient (Wildman–Crippen LogP) is -0.446. The minimum absolute atomic E-state index is 0.432. The Balaban J connectivity index is 2.94. The Bertz CT molecular complexity index is 374. The highest BCUT2D eigenvalue weighted by Crippen LogP contribution is 1.74. The molecular weight excluding hydrogens is 130 g/mol. The lowest BCUT2D eigenvalue weighted by molar-refractivity contribution is 0.505. The Morgan fingerprint density at radius 2 is 2.20 bits per heavy atom. The first-order chi connectivity index (χ1) is 4.97. The maximum Gasteiger partial charge on any atom is 0.266 e. The standard InChI is InChI=1S/C6H3N3O/c1-2-7-5-6(8-3-1)10-4-9-5/h2-4H. The second-order valence-electron chi connectivity index (χ2n) is 1.66. The van der Waals surface area contributed by atoms with Gasteiger partial charge in [-0.05, 0) is 0 Å². The number of fused-ring (bicyclic) bond motifs is 1. The summed E-state index contributed by atoms with van der Waals surface area (Å²) in [5, 5.41) is 0. The van der Waals surface area contributed by atoms with Crippen molar-refractivity contribution in [3.63, 3.8) is 0 Å². The van der Waals surface area contributed by atoms with Crippen molar-refractivity contribution >= 4 is 0 Å². The fourth-order valence-corrected chi connectivity index (χ4v) is 0.638. The van der Waals surface area contributed by atoms with Crippen LogP contribution >= 0.6 is 0 Å². The van der Waals surface area contributed by atoms with Crippen LogP contribution in [0.5, 0.6) is 0 Å². The molecule has 1 aromatic heterocycles. The molecule has 0 radical (unpaired) electrons. The third-order valence-corrected chi connectivity index (χ3v) is 1.05. The summed E-state index contributed by atoms with van der Waals surface area (Å²) >= 11 is 0. The molecule has 0 atom stereocenters. The molecule has 0 fully saturated rings. The second kappa shape index (κ2) is 1.93. The molecule has 0 saturated carbocycles. The van der Waals surface area contributed by atoms with Crippen LogP contribution in [-0.4, -0.2) is 4.98 Å². The molecule has 4 nitrogen and oxygen atoms in total. The zero-order chi connectivity index (χ0) is 6.81. The van der Waals surface area contributed by atoms with E-state index < -0.39 is 0 Å². The number of hydrogen-bond donors (Lipinski definition) is 0. The van der Waals surface area contributed by atoms with Gasteiger partial charge in [-0.3, -0.25) is 0 Å². The average Bonchev–Trinajstić information content (AvgIpc) is 2.28. The molecule has 0 aromatic carbocycles. The molecule has 2 heterocycles. The molecule has 48 valence electrons. The van der Waals surface area contributed by atoms with E-state index in [1.807, 2.05) is 0 Å². The van der Waals surface area contributed by atoms with Gasteiger partial charge in [-0.1, -0.05) is 5.73 Å². The first kappa shape index (κ1) is 5.14. The van der Waals surface area contributed by atoms with Crippen molar-refractivity contribution in [2.45, 2.75) is 0 Å². The van der Waals surface area contributed by atoms with Gasteiger partial charge in [-0.15, -0.1) is 0 Å². The molecule has 0 saturated heterocycles. The molecule has 10 heavy (non-hydrogen) atoms. The van der Waals surface area contributed by atoms with E-state index in [2.05, 4.69) is 20.7 Å². The topological polar surface area (TPSA) is 50.8 Å². The van der Waals surface area contributed by atoms with Gasteiger partial charge in [0.2, 0.25) is 5.49 Å². The second-order valence-corrected chi connectivity index (χ2v) is 1.66. The molecule has 1 aromatic rings. The van der Waals surface area contributed by atoms with Crippen molar-refractivity contribution in [3.8, 4) is 0 Å². The molecule has 4 heteroatoms. The van der Waals surface area contributed by atoms with Crippen LogP contribution < -0.4 is 11.0 Å². The van der Waals surface area contributed by atoms with Crippen LogP contribution in [0, 0.1) is 0 Å². The quantitative estimate of drug-likeness (QED) is 0.450. The average molecular weight is 133 g/mol. The van der Waals surface area contributed by atoms with Crippen LogP contribution in [-0.2, 0) is 0 Å². The molecule has 2 rings (SSSR count). The van der Waals surface area contributed by atoms with E-state index in [0.717, 1.165) is 0 Å². The summed E-state index contributed by atoms with van der Waals surface area (Å²) in [5.41, 5.74) is 3.63. The molecule has 1 aliphatic heterocycles. The van der Waals surface area contributed by atoms with Crippen LogP contribution in [0.3, 0.4) is 0 Å². The predicted molar refractivity (Wildman–Crippen MR) is 31.5 cm³/mol. The number of hydrogen-bond acceptors (Lipinski definition) is 4. The summed E-state index contributed by atoms with van der Waals surface area (Å²) in [5.74, 6) is 0. The number of rotatable bonds is 0. The van der Waals surface area contributed by atoms with Gasteiger partial charge in [0.15, 0.2) is 6.39 Å². The highest BCUT2D eigenvalue weighted by molar-refractivity contribution is 4.87. The lowest BCUT2D eigenvalue weighted by Crippen LogP contribution is -2.21. The van der Waals surface area contributed by atoms with Gasteiger partial charge in [0.25, 0.3) is 5.55 Å². The van der Waals surface area contributed by atoms with Gasteiger partial charge in [0, 0.05) is 0 Å². The maximum atomic E-state index is 4.87. The molecule has 0 N–H and O–H groups in total. The van der Waals surface area contributed by atoms with Gasteiger partial charge >= 0.3 is 0 Å². The highest BCUT2D eigenvalue weighted by atomic mass is 16.3. The molecule has 0 spiro atoms. The summed E-state index contributed by atoms with van der Waals surface area (Å²) in [7, 11) is 0. The van der Waals surface area contributed by atoms with E-state index in [-0.39, 0.29) is 0 Å². The first-order valence-corrected chi connectivity index (χ1v) is 2.71. The number of aromatic nitrogens is 1. The Morgan fingerprint density at radius 3 is 3.20 bits per heavy atom. The van der Waals surface area contributed by atoms with Gasteiger partial charge in [-0.2, -0.15) is 4.98 Å². The zero-order valence-electron chi connectivity index (χ0n) is 4.98. The van der Waals surface area contributed by atoms with Crippen molar-refractivity contribution in [3.05, 3.63) is 35.6 Å². The van der Waals surface area contributed by atoms with E-state index in [1.165, 1.54) is 18.8 Å². The first-order valence-electron chi connectivity index (χ1n) is 2.71. The summed E-state index contributed by atoms with van der Waals surface area (Å²) in [6.07, 6.45) is 4.29. The zero-order valence-corrected chi connectivity index (χ0v) is 4.98. The molecule has 0 aliphatic carbocycles. The Hall–Kier alpha value is -1.67. The minimum atomic E-state index is 0.432. The fraction of sp³-hybridized carbons (Fsp3) is 0. The monoisotopic (exact) mass is 133 g/mol. The van der Waals surface area contributed by atoms with Crippen molar-refractivity contribution in [1.82, 2.24) is 4.98 Å². The highest BCUT2D eigenvalue weighted by Gasteiger charge is 1.90. The van der Waals surface area contributed by atoms with Crippen LogP contribution in [0.1, 0.15) is 0 Å². The maximum absolute atomic E-state index is 4.87. The van der Waals surface area contributed by atoms with E-state index >= 15 is 0 Å². The summed E-state index contributed by atoms with van der Waals surface area (Å²) in [4.78, 5) is 11.5. The molecule has 1 aliphatic rings. The van der Waals surface area contributed by atoms with Crippen LogP contribution in [0.25, 0.3) is 0 Å². The summed E-state index contributed by atoms with van der Waals surface area (Å²) in [6.45, 7) is 0. The molecule has 0 unspecified atom stereocenters. The van der Waals surface area contributed by atoms with E-state index in [4.69, 9.17) is 4.42 Å². The SMILES string of the molecule is C1=CN=c2ncoc2=NC=1. The summed E-state index contributed by atoms with van der Waals surface area (Å²) in [6, 6.07) is 0. The van der Waals surface area contributed by atoms with Crippen LogP contribution in [0.4, 0.5) is 0 Å².